The Morgan fingerprint density at radius 3 is 2.84 bits per heavy atom. The Morgan fingerprint density at radius 2 is 2.08 bits per heavy atom. The third-order valence-electron chi connectivity index (χ3n) is 4.68. The number of amides is 2. The minimum atomic E-state index is -0.498. The van der Waals surface area contributed by atoms with Gasteiger partial charge in [-0.05, 0) is 32.8 Å². The van der Waals surface area contributed by atoms with Gasteiger partial charge in [-0.25, -0.2) is 9.50 Å². The van der Waals surface area contributed by atoms with E-state index in [1.807, 2.05) is 19.9 Å². The van der Waals surface area contributed by atoms with Gasteiger partial charge in [-0.3, -0.25) is 9.59 Å². The monoisotopic (exact) mass is 342 g/mol. The van der Waals surface area contributed by atoms with E-state index >= 15 is 0 Å². The molecule has 2 N–H and O–H groups in total. The third-order valence-corrected chi connectivity index (χ3v) is 4.68. The minimum absolute atomic E-state index is 0.0861. The minimum Gasteiger partial charge on any atom is -0.352 e. The van der Waals surface area contributed by atoms with Crippen molar-refractivity contribution in [3.63, 3.8) is 0 Å². The van der Waals surface area contributed by atoms with Crippen LogP contribution in [0, 0.1) is 13.8 Å². The predicted molar refractivity (Wildman–Crippen MR) is 91.3 cm³/mol. The van der Waals surface area contributed by atoms with Crippen molar-refractivity contribution in [1.82, 2.24) is 30.1 Å². The summed E-state index contributed by atoms with van der Waals surface area (Å²) in [6.45, 7) is 5.47. The summed E-state index contributed by atoms with van der Waals surface area (Å²) in [4.78, 5) is 31.5. The van der Waals surface area contributed by atoms with Crippen molar-refractivity contribution < 1.29 is 9.59 Å². The summed E-state index contributed by atoms with van der Waals surface area (Å²) in [6, 6.07) is 3.39. The summed E-state index contributed by atoms with van der Waals surface area (Å²) in [5, 5.41) is 10.6. The Morgan fingerprint density at radius 1 is 1.28 bits per heavy atom. The molecule has 2 aliphatic rings. The van der Waals surface area contributed by atoms with Crippen molar-refractivity contribution in [3.8, 4) is 0 Å². The van der Waals surface area contributed by atoms with Crippen molar-refractivity contribution in [2.24, 2.45) is 0 Å². The number of rotatable bonds is 3. The highest BCUT2D eigenvalue weighted by molar-refractivity contribution is 5.97. The summed E-state index contributed by atoms with van der Waals surface area (Å²) in [5.41, 5.74) is 2.78. The van der Waals surface area contributed by atoms with Crippen LogP contribution in [0.15, 0.2) is 12.1 Å². The number of hydrogen-bond acceptors (Lipinski definition) is 5. The largest absolute Gasteiger partial charge is 0.352 e. The lowest BCUT2D eigenvalue weighted by Crippen LogP contribution is -2.59. The van der Waals surface area contributed by atoms with Gasteiger partial charge in [0.1, 0.15) is 6.04 Å². The Balaban J connectivity index is 1.61. The van der Waals surface area contributed by atoms with Crippen LogP contribution in [-0.4, -0.2) is 63.0 Å². The van der Waals surface area contributed by atoms with Crippen LogP contribution in [0.2, 0.25) is 0 Å². The number of aromatic nitrogens is 3. The van der Waals surface area contributed by atoms with Crippen LogP contribution in [0.3, 0.4) is 0 Å². The summed E-state index contributed by atoms with van der Waals surface area (Å²) in [5.74, 6) is -0.308. The molecule has 4 rings (SSSR count). The number of piperazine rings is 1. The van der Waals surface area contributed by atoms with Crippen molar-refractivity contribution in [2.45, 2.75) is 38.8 Å². The average Bonchev–Trinajstić information content (AvgIpc) is 3.29. The van der Waals surface area contributed by atoms with E-state index in [1.165, 1.54) is 0 Å². The Labute approximate surface area is 145 Å². The van der Waals surface area contributed by atoms with Gasteiger partial charge in [0.15, 0.2) is 11.3 Å². The number of fused-ring (bicyclic) bond motifs is 1. The quantitative estimate of drug-likeness (QED) is 0.822. The fourth-order valence-corrected chi connectivity index (χ4v) is 3.25. The maximum absolute atomic E-state index is 13.0. The van der Waals surface area contributed by atoms with Gasteiger partial charge in [0, 0.05) is 43.1 Å². The van der Waals surface area contributed by atoms with Crippen LogP contribution >= 0.6 is 0 Å². The van der Waals surface area contributed by atoms with E-state index in [9.17, 15) is 9.59 Å². The molecule has 0 bridgehead atoms. The zero-order valence-electron chi connectivity index (χ0n) is 14.5. The lowest BCUT2D eigenvalue weighted by molar-refractivity contribution is -0.126. The van der Waals surface area contributed by atoms with Gasteiger partial charge in [-0.15, -0.1) is 0 Å². The molecule has 3 heterocycles. The number of nitrogens with zero attached hydrogens (tertiary/aromatic N) is 4. The normalized spacial score (nSPS) is 20.7. The molecular weight excluding hydrogens is 320 g/mol. The van der Waals surface area contributed by atoms with Crippen molar-refractivity contribution in [2.75, 3.05) is 19.6 Å². The molecule has 0 spiro atoms. The molecule has 1 aliphatic heterocycles. The van der Waals surface area contributed by atoms with Gasteiger partial charge in [0.25, 0.3) is 5.91 Å². The van der Waals surface area contributed by atoms with Gasteiger partial charge in [0.2, 0.25) is 5.91 Å². The fraction of sp³-hybridized carbons (Fsp3) is 0.529. The molecule has 25 heavy (non-hydrogen) atoms. The number of nitrogens with one attached hydrogen (secondary N) is 2. The standard InChI is InChI=1S/C17H22N6O2/c1-10-7-11(2)23-15(19-10)8-13(21-23)17(25)22-6-5-18-9-14(22)16(24)20-12-3-4-12/h7-8,12,14,18H,3-6,9H2,1-2H3,(H,20,24)/t14-/m0/s1. The van der Waals surface area contributed by atoms with Gasteiger partial charge in [-0.2, -0.15) is 5.10 Å². The Hall–Kier alpha value is -2.48. The van der Waals surface area contributed by atoms with Gasteiger partial charge >= 0.3 is 0 Å². The van der Waals surface area contributed by atoms with Crippen molar-refractivity contribution in [3.05, 3.63) is 29.2 Å². The van der Waals surface area contributed by atoms with Crippen LogP contribution in [-0.2, 0) is 4.79 Å². The highest BCUT2D eigenvalue weighted by atomic mass is 16.2. The maximum Gasteiger partial charge on any atom is 0.275 e. The molecule has 1 atom stereocenters. The van der Waals surface area contributed by atoms with Gasteiger partial charge in [0.05, 0.1) is 0 Å². The van der Waals surface area contributed by atoms with E-state index in [-0.39, 0.29) is 17.9 Å². The maximum atomic E-state index is 13.0. The van der Waals surface area contributed by atoms with E-state index in [0.717, 1.165) is 24.2 Å². The Bertz CT molecular complexity index is 841. The molecule has 2 aromatic rings. The van der Waals surface area contributed by atoms with Crippen molar-refractivity contribution in [1.29, 1.82) is 0 Å². The summed E-state index contributed by atoms with van der Waals surface area (Å²) in [6.07, 6.45) is 2.05. The van der Waals surface area contributed by atoms with Crippen LogP contribution < -0.4 is 10.6 Å². The third kappa shape index (κ3) is 3.09. The number of carbonyl (C=O) groups excluding carboxylic acids is 2. The smallest absolute Gasteiger partial charge is 0.275 e. The molecule has 2 aromatic heterocycles. The molecule has 1 saturated carbocycles. The van der Waals surface area contributed by atoms with Gasteiger partial charge < -0.3 is 15.5 Å². The number of hydrogen-bond donors (Lipinski definition) is 2. The first kappa shape index (κ1) is 16.0. The highest BCUT2D eigenvalue weighted by Gasteiger charge is 2.36. The molecular formula is C17H22N6O2. The topological polar surface area (TPSA) is 91.6 Å². The van der Waals surface area contributed by atoms with E-state index < -0.39 is 6.04 Å². The second-order valence-corrected chi connectivity index (χ2v) is 6.84. The van der Waals surface area contributed by atoms with Gasteiger partial charge in [-0.1, -0.05) is 0 Å². The highest BCUT2D eigenvalue weighted by Crippen LogP contribution is 2.20. The zero-order valence-corrected chi connectivity index (χ0v) is 14.5. The molecule has 0 radical (unpaired) electrons. The first-order valence-electron chi connectivity index (χ1n) is 8.69. The van der Waals surface area contributed by atoms with E-state index in [0.29, 0.717) is 31.0 Å². The lowest BCUT2D eigenvalue weighted by Gasteiger charge is -2.34. The molecule has 8 nitrogen and oxygen atoms in total. The second kappa shape index (κ2) is 6.11. The Kier molecular flexibility index (Phi) is 3.91. The first-order valence-corrected chi connectivity index (χ1v) is 8.69. The molecule has 0 aromatic carbocycles. The molecule has 8 heteroatoms. The molecule has 1 aliphatic carbocycles. The summed E-state index contributed by atoms with van der Waals surface area (Å²) < 4.78 is 1.67. The van der Waals surface area contributed by atoms with E-state index in [1.54, 1.807) is 15.5 Å². The van der Waals surface area contributed by atoms with E-state index in [2.05, 4.69) is 20.7 Å². The van der Waals surface area contributed by atoms with Crippen LogP contribution in [0.5, 0.6) is 0 Å². The molecule has 2 amide bonds. The summed E-state index contributed by atoms with van der Waals surface area (Å²) in [7, 11) is 0. The second-order valence-electron chi connectivity index (χ2n) is 6.84. The average molecular weight is 342 g/mol. The predicted octanol–water partition coefficient (Wildman–Crippen LogP) is 0.0387. The SMILES string of the molecule is Cc1cc(C)n2nc(C(=O)N3CCNC[C@H]3C(=O)NC3CC3)cc2n1. The first-order chi connectivity index (χ1) is 12.0. The van der Waals surface area contributed by atoms with Crippen LogP contribution in [0.1, 0.15) is 34.7 Å². The number of carbonyl (C=O) groups is 2. The number of aryl methyl sites for hydroxylation is 2. The lowest BCUT2D eigenvalue weighted by atomic mass is 10.1. The van der Waals surface area contributed by atoms with Crippen molar-refractivity contribution >= 4 is 17.5 Å². The fourth-order valence-electron chi connectivity index (χ4n) is 3.25. The molecule has 132 valence electrons. The van der Waals surface area contributed by atoms with E-state index in [4.69, 9.17) is 0 Å². The molecule has 1 saturated heterocycles. The molecule has 2 fully saturated rings. The summed E-state index contributed by atoms with van der Waals surface area (Å²) >= 11 is 0. The zero-order chi connectivity index (χ0) is 17.6. The van der Waals surface area contributed by atoms with Crippen LogP contribution in [0.4, 0.5) is 0 Å². The van der Waals surface area contributed by atoms with Crippen LogP contribution in [0.25, 0.3) is 5.65 Å². The molecule has 0 unspecified atom stereocenters.